The van der Waals surface area contributed by atoms with E-state index >= 15 is 0 Å². The predicted molar refractivity (Wildman–Crippen MR) is 109 cm³/mol. The van der Waals surface area contributed by atoms with Crippen molar-refractivity contribution in [1.29, 1.82) is 0 Å². The zero-order valence-corrected chi connectivity index (χ0v) is 16.7. The molecule has 0 bridgehead atoms. The van der Waals surface area contributed by atoms with E-state index in [0.29, 0.717) is 23.7 Å². The number of ether oxygens (including phenoxy) is 1. The highest BCUT2D eigenvalue weighted by Crippen LogP contribution is 2.40. The minimum absolute atomic E-state index is 0.133. The van der Waals surface area contributed by atoms with E-state index in [1.54, 1.807) is 24.1 Å². The second kappa shape index (κ2) is 7.93. The van der Waals surface area contributed by atoms with Crippen molar-refractivity contribution in [2.45, 2.75) is 19.5 Å². The number of Topliss-reactive ketones (excluding diaryl/α,β-unsaturated/α-hetero) is 1. The molecule has 4 rings (SSSR count). The van der Waals surface area contributed by atoms with Gasteiger partial charge in [0.1, 0.15) is 17.6 Å². The number of rotatable bonds is 6. The SMILES string of the molecule is COc1ccc([C@@H]2C(C(=O)c3nccn3C)=C(C)ON2Cc2ccccc2)cc1. The Morgan fingerprint density at radius 3 is 2.48 bits per heavy atom. The first-order chi connectivity index (χ1) is 14.1. The fourth-order valence-corrected chi connectivity index (χ4v) is 3.61. The molecule has 0 N–H and O–H groups in total. The third-order valence-electron chi connectivity index (χ3n) is 5.08. The van der Waals surface area contributed by atoms with Crippen LogP contribution in [0.5, 0.6) is 5.75 Å². The number of methoxy groups -OCH3 is 1. The number of aromatic nitrogens is 2. The average Bonchev–Trinajstić information content (AvgIpc) is 3.31. The summed E-state index contributed by atoms with van der Waals surface area (Å²) >= 11 is 0. The summed E-state index contributed by atoms with van der Waals surface area (Å²) in [5.74, 6) is 1.61. The Balaban J connectivity index is 1.74. The Labute approximate surface area is 170 Å². The molecule has 0 radical (unpaired) electrons. The van der Waals surface area contributed by atoms with E-state index in [1.165, 1.54) is 0 Å². The van der Waals surface area contributed by atoms with E-state index in [2.05, 4.69) is 4.98 Å². The monoisotopic (exact) mass is 389 g/mol. The van der Waals surface area contributed by atoms with Crippen LogP contribution in [0.2, 0.25) is 0 Å². The van der Waals surface area contributed by atoms with Crippen molar-refractivity contribution in [1.82, 2.24) is 14.6 Å². The molecule has 1 atom stereocenters. The molecular formula is C23H23N3O3. The number of hydrogen-bond donors (Lipinski definition) is 0. The molecular weight excluding hydrogens is 366 g/mol. The predicted octanol–water partition coefficient (Wildman–Crippen LogP) is 4.07. The van der Waals surface area contributed by atoms with Gasteiger partial charge in [-0.3, -0.25) is 4.79 Å². The van der Waals surface area contributed by atoms with Crippen LogP contribution in [0.1, 0.15) is 34.7 Å². The Bertz CT molecular complexity index is 1040. The molecule has 1 aliphatic heterocycles. The molecule has 0 unspecified atom stereocenters. The summed E-state index contributed by atoms with van der Waals surface area (Å²) in [6.45, 7) is 2.38. The van der Waals surface area contributed by atoms with Crippen LogP contribution < -0.4 is 4.74 Å². The minimum atomic E-state index is -0.342. The molecule has 0 aliphatic carbocycles. The summed E-state index contributed by atoms with van der Waals surface area (Å²) in [5, 5.41) is 1.85. The number of carbonyl (C=O) groups is 1. The second-order valence-electron chi connectivity index (χ2n) is 6.99. The summed E-state index contributed by atoms with van der Waals surface area (Å²) < 4.78 is 7.02. The number of imidazole rings is 1. The lowest BCUT2D eigenvalue weighted by molar-refractivity contribution is -0.126. The fourth-order valence-electron chi connectivity index (χ4n) is 3.61. The summed E-state index contributed by atoms with van der Waals surface area (Å²) in [6.07, 6.45) is 3.39. The number of aryl methyl sites for hydroxylation is 1. The summed E-state index contributed by atoms with van der Waals surface area (Å²) in [6, 6.07) is 17.4. The zero-order valence-electron chi connectivity index (χ0n) is 16.7. The van der Waals surface area contributed by atoms with Crippen LogP contribution in [0.15, 0.2) is 78.3 Å². The first-order valence-corrected chi connectivity index (χ1v) is 9.43. The smallest absolute Gasteiger partial charge is 0.229 e. The highest BCUT2D eigenvalue weighted by Gasteiger charge is 2.39. The fraction of sp³-hybridized carbons (Fsp3) is 0.217. The van der Waals surface area contributed by atoms with Crippen molar-refractivity contribution in [2.24, 2.45) is 7.05 Å². The van der Waals surface area contributed by atoms with Crippen LogP contribution in [0.25, 0.3) is 0 Å². The number of carbonyl (C=O) groups excluding carboxylic acids is 1. The number of hydroxylamine groups is 2. The van der Waals surface area contributed by atoms with Gasteiger partial charge in [0.15, 0.2) is 5.82 Å². The Morgan fingerprint density at radius 1 is 1.14 bits per heavy atom. The lowest BCUT2D eigenvalue weighted by Gasteiger charge is -2.25. The molecule has 0 saturated heterocycles. The Morgan fingerprint density at radius 2 is 1.86 bits per heavy atom. The van der Waals surface area contributed by atoms with E-state index in [-0.39, 0.29) is 11.8 Å². The van der Waals surface area contributed by atoms with Gasteiger partial charge < -0.3 is 14.1 Å². The van der Waals surface area contributed by atoms with Crippen LogP contribution in [0, 0.1) is 0 Å². The van der Waals surface area contributed by atoms with E-state index < -0.39 is 0 Å². The van der Waals surface area contributed by atoms with Gasteiger partial charge in [0.2, 0.25) is 5.78 Å². The molecule has 6 nitrogen and oxygen atoms in total. The molecule has 2 heterocycles. The van der Waals surface area contributed by atoms with Gasteiger partial charge in [-0.1, -0.05) is 42.5 Å². The molecule has 1 aliphatic rings. The van der Waals surface area contributed by atoms with Gasteiger partial charge in [-0.25, -0.2) is 4.98 Å². The van der Waals surface area contributed by atoms with Crippen LogP contribution >= 0.6 is 0 Å². The van der Waals surface area contributed by atoms with Crippen LogP contribution in [-0.2, 0) is 18.4 Å². The normalized spacial score (nSPS) is 16.7. The molecule has 148 valence electrons. The maximum absolute atomic E-state index is 13.4. The molecule has 3 aromatic rings. The zero-order chi connectivity index (χ0) is 20.4. The van der Waals surface area contributed by atoms with Crippen LogP contribution in [0.3, 0.4) is 0 Å². The van der Waals surface area contributed by atoms with Gasteiger partial charge in [-0.2, -0.15) is 0 Å². The molecule has 2 aromatic carbocycles. The number of allylic oxidation sites excluding steroid dienone is 1. The van der Waals surface area contributed by atoms with Crippen LogP contribution in [0.4, 0.5) is 0 Å². The third-order valence-corrected chi connectivity index (χ3v) is 5.08. The maximum atomic E-state index is 13.4. The van der Waals surface area contributed by atoms with Crippen LogP contribution in [-0.4, -0.2) is 27.5 Å². The van der Waals surface area contributed by atoms with Gasteiger partial charge in [-0.15, -0.1) is 5.06 Å². The Kier molecular flexibility index (Phi) is 5.18. The van der Waals surface area contributed by atoms with Crippen molar-refractivity contribution in [3.63, 3.8) is 0 Å². The van der Waals surface area contributed by atoms with Gasteiger partial charge in [-0.05, 0) is 30.2 Å². The van der Waals surface area contributed by atoms with E-state index in [0.717, 1.165) is 16.9 Å². The number of nitrogens with zero attached hydrogens (tertiary/aromatic N) is 3. The van der Waals surface area contributed by atoms with E-state index in [9.17, 15) is 4.79 Å². The first-order valence-electron chi connectivity index (χ1n) is 9.43. The highest BCUT2D eigenvalue weighted by molar-refractivity contribution is 6.07. The third kappa shape index (κ3) is 3.67. The number of hydrogen-bond acceptors (Lipinski definition) is 5. The molecule has 6 heteroatoms. The quantitative estimate of drug-likeness (QED) is 0.595. The summed E-state index contributed by atoms with van der Waals surface area (Å²) in [4.78, 5) is 23.7. The number of benzene rings is 2. The Hall–Kier alpha value is -3.38. The summed E-state index contributed by atoms with van der Waals surface area (Å²) in [7, 11) is 3.45. The lowest BCUT2D eigenvalue weighted by Crippen LogP contribution is -2.26. The van der Waals surface area contributed by atoms with Gasteiger partial charge >= 0.3 is 0 Å². The highest BCUT2D eigenvalue weighted by atomic mass is 16.7. The second-order valence-corrected chi connectivity index (χ2v) is 6.99. The maximum Gasteiger partial charge on any atom is 0.229 e. The van der Waals surface area contributed by atoms with Crippen molar-refractivity contribution < 1.29 is 14.4 Å². The van der Waals surface area contributed by atoms with E-state index in [4.69, 9.17) is 9.57 Å². The summed E-state index contributed by atoms with van der Waals surface area (Å²) in [5.41, 5.74) is 2.65. The average molecular weight is 389 g/mol. The minimum Gasteiger partial charge on any atom is -0.497 e. The molecule has 0 amide bonds. The van der Waals surface area contributed by atoms with Gasteiger partial charge in [0, 0.05) is 19.4 Å². The molecule has 29 heavy (non-hydrogen) atoms. The molecule has 1 aromatic heterocycles. The first kappa shape index (κ1) is 19.0. The van der Waals surface area contributed by atoms with Gasteiger partial charge in [0.05, 0.1) is 19.2 Å². The van der Waals surface area contributed by atoms with Crippen molar-refractivity contribution >= 4 is 5.78 Å². The topological polar surface area (TPSA) is 56.6 Å². The standard InChI is InChI=1S/C23H23N3O3/c1-16-20(22(27)23-24-13-14-25(23)2)21(18-9-11-19(28-3)12-10-18)26(29-16)15-17-7-5-4-6-8-17/h4-14,21H,15H2,1-3H3/t21-/m1/s1. The lowest BCUT2D eigenvalue weighted by atomic mass is 9.94. The van der Waals surface area contributed by atoms with Gasteiger partial charge in [0.25, 0.3) is 0 Å². The molecule has 0 fully saturated rings. The molecule has 0 saturated carbocycles. The van der Waals surface area contributed by atoms with Crippen molar-refractivity contribution in [3.05, 3.63) is 95.3 Å². The largest absolute Gasteiger partial charge is 0.497 e. The van der Waals surface area contributed by atoms with Crippen molar-refractivity contribution in [3.8, 4) is 5.75 Å². The van der Waals surface area contributed by atoms with E-state index in [1.807, 2.05) is 73.6 Å². The molecule has 0 spiro atoms. The number of ketones is 1. The van der Waals surface area contributed by atoms with Crippen molar-refractivity contribution in [2.75, 3.05) is 7.11 Å².